The summed E-state index contributed by atoms with van der Waals surface area (Å²) in [5, 5.41) is 12.7. The molecule has 10 N–H and O–H groups in total. The van der Waals surface area contributed by atoms with Gasteiger partial charge in [0.15, 0.2) is 54.6 Å². The number of aromatic amines is 2. The molecular formula is C93H100F3N19O23S6. The number of furan rings is 1. The van der Waals surface area contributed by atoms with E-state index in [1.807, 2.05) is 11.9 Å². The van der Waals surface area contributed by atoms with Crippen LogP contribution >= 0.6 is 11.3 Å². The molecule has 2 saturated heterocycles. The van der Waals surface area contributed by atoms with Crippen LogP contribution in [0.15, 0.2) is 175 Å². The lowest BCUT2D eigenvalue weighted by molar-refractivity contribution is -0.141. The summed E-state index contributed by atoms with van der Waals surface area (Å²) in [6.45, 7) is 7.14. The first-order valence-electron chi connectivity index (χ1n) is 44.6. The van der Waals surface area contributed by atoms with Gasteiger partial charge in [0.1, 0.15) is 40.6 Å². The molecule has 5 aliphatic heterocycles. The van der Waals surface area contributed by atoms with Crippen molar-refractivity contribution in [1.29, 1.82) is 0 Å². The van der Waals surface area contributed by atoms with Crippen LogP contribution in [-0.4, -0.2) is 187 Å². The third-order valence-electron chi connectivity index (χ3n) is 24.0. The number of carbonyl (C=O) groups is 9. The van der Waals surface area contributed by atoms with Crippen LogP contribution in [0.3, 0.4) is 0 Å². The average Bonchev–Trinajstić information content (AvgIpc) is 1.53. The Balaban J connectivity index is 0.000000143. The number of imidazole rings is 2. The second-order valence-corrected chi connectivity index (χ2v) is 43.7. The molecule has 2 atom stereocenters. The number of ether oxygens (including phenoxy) is 3. The number of nitrogens with one attached hydrogen (secondary N) is 10. The van der Waals surface area contributed by atoms with Gasteiger partial charge in [-0.2, -0.15) is 25.3 Å². The number of anilines is 9. The SMILES string of the molecule is CC1CC(=O)N(Cc2c(CS(=O)(=O)C3=CC=CC3)cc3c(c2F)NCN3C)C1=O.CCC(=O)CCc1c(NS(=O)(=O)c2ccc[nH]2)cc2c(ncn2C)c1F.CCC(=O)COc1c(NS(=O)(=O)c2ccc[nH]2)cc2c(ncn2C)c1F.COc1c(CCC(=O)NCc2ccco2)c(NS(=O)(=O)c2nccs2)cc2c1NC(=O)C2=O.COc1c(CN2C(=O)CC(C)C2=O)c(NS(=O)(=O)C2=CC=CC2)cc2c1NCN2C. The minimum Gasteiger partial charge on any atom is -0.494 e. The number of aryl methyl sites for hydroxylation is 2. The Hall–Kier alpha value is -15.0. The van der Waals surface area contributed by atoms with E-state index in [2.05, 4.69) is 65.1 Å². The summed E-state index contributed by atoms with van der Waals surface area (Å²) < 4.78 is 207. The van der Waals surface area contributed by atoms with Gasteiger partial charge in [-0.05, 0) is 97.3 Å². The van der Waals surface area contributed by atoms with Crippen molar-refractivity contribution in [2.24, 2.45) is 25.9 Å². The Kier molecular flexibility index (Phi) is 31.7. The van der Waals surface area contributed by atoms with E-state index in [9.17, 15) is 94.0 Å². The standard InChI is InChI=1S/C20H22FN3O4S.C20H18N4O7S2.C20H24N4O5S.C17H19FN4O3S.C16H17FN4O4S/c1-12-7-17(25)24(20(12)26)9-15-13(10-29(27,28)14-5-3-4-6-14)8-16-19(18(15)21)22-11-23(16)2;1-30-18-12(4-5-15(25)22-10-11-3-2-7-31-11)14(9-13-16(18)23-19(27)17(13)26)24-33(28,29)20-21-6-8-32-20;1-12-8-17(25)24(20(12)26)10-14-15(22-30(27,28)13-6-4-5-7-13)9-16-18(19(14)29-3)21-11-23(16)2;1-3-11(23)6-7-12-13(21-26(24,25)15-5-4-8-19-15)9-14-17(16(12)18)20-10-22(14)2;1-3-10(22)8-25-16-11(20-26(23,24)13-5-4-6-18-13)7-12-15(14(16)17)19-9-21(12)2/h3-5,8,12,22H,6-7,9-11H2,1-2H3;2-3,6-9,24H,4-5,10H2,1H3,(H,22,25)(H,23,26,27);4-6,9,12,21-22H,7-8,10-11H2,1-3H3;4-5,8-10,19,21H,3,6-7H2,1-2H3;4-7,9,18,20H,3,8H2,1-2H3. The number of carbonyl (C=O) groups excluding carboxylic acids is 9. The van der Waals surface area contributed by atoms with Gasteiger partial charge in [0, 0.05) is 143 Å². The highest BCUT2D eigenvalue weighted by Crippen LogP contribution is 2.49. The number of imide groups is 2. The van der Waals surface area contributed by atoms with Gasteiger partial charge >= 0.3 is 0 Å². The number of hydrogen-bond donors (Lipinski definition) is 10. The highest BCUT2D eigenvalue weighted by atomic mass is 32.2. The second-order valence-electron chi connectivity index (χ2n) is 33.8. The number of hydrogen-bond acceptors (Lipinski definition) is 31. The van der Waals surface area contributed by atoms with Crippen molar-refractivity contribution in [2.45, 2.75) is 132 Å². The number of allylic oxidation sites excluding steroid dienone is 8. The van der Waals surface area contributed by atoms with E-state index in [0.29, 0.717) is 77.6 Å². The molecule has 6 aromatic heterocycles. The van der Waals surface area contributed by atoms with E-state index in [1.165, 1.54) is 98.4 Å². The second kappa shape index (κ2) is 43.5. The number of sulfone groups is 1. The highest BCUT2D eigenvalue weighted by Gasteiger charge is 2.42. The van der Waals surface area contributed by atoms with E-state index in [1.54, 1.807) is 130 Å². The summed E-state index contributed by atoms with van der Waals surface area (Å²) >= 11 is 0.916. The summed E-state index contributed by atoms with van der Waals surface area (Å²) in [7, 11) is -9.62. The summed E-state index contributed by atoms with van der Waals surface area (Å²) in [4.78, 5) is 133. The van der Waals surface area contributed by atoms with Crippen LogP contribution in [0.1, 0.15) is 123 Å². The summed E-state index contributed by atoms with van der Waals surface area (Å²) in [5.74, 6) is -6.13. The predicted molar refractivity (Wildman–Crippen MR) is 527 cm³/mol. The Morgan fingerprint density at radius 1 is 0.569 bits per heavy atom. The fourth-order valence-electron chi connectivity index (χ4n) is 16.2. The van der Waals surface area contributed by atoms with Gasteiger partial charge in [-0.3, -0.25) is 71.8 Å². The topological polar surface area (TPSA) is 554 Å². The van der Waals surface area contributed by atoms with Crippen molar-refractivity contribution in [3.63, 3.8) is 0 Å². The van der Waals surface area contributed by atoms with E-state index < -0.39 is 90.9 Å². The highest BCUT2D eigenvalue weighted by molar-refractivity contribution is 7.96. The number of rotatable bonds is 34. The lowest BCUT2D eigenvalue weighted by Crippen LogP contribution is -2.31. The molecule has 18 rings (SSSR count). The van der Waals surface area contributed by atoms with E-state index >= 15 is 4.39 Å². The lowest BCUT2D eigenvalue weighted by Gasteiger charge is -2.23. The first-order chi connectivity index (χ1) is 68.4. The third-order valence-corrected chi connectivity index (χ3v) is 32.5. The van der Waals surface area contributed by atoms with Crippen molar-refractivity contribution >= 4 is 187 Å². The van der Waals surface area contributed by atoms with Crippen molar-refractivity contribution < 1.29 is 117 Å². The largest absolute Gasteiger partial charge is 0.494 e. The zero-order valence-corrected chi connectivity index (χ0v) is 83.9. The minimum absolute atomic E-state index is 0.0180. The average molecular weight is 2100 g/mol. The van der Waals surface area contributed by atoms with Gasteiger partial charge in [-0.15, -0.1) is 11.3 Å². The molecule has 2 fully saturated rings. The number of aromatic nitrogens is 7. The fourth-order valence-corrected chi connectivity index (χ4v) is 22.9. The molecule has 5 aromatic carbocycles. The van der Waals surface area contributed by atoms with Crippen LogP contribution in [0, 0.1) is 29.3 Å². The molecule has 6 amide bonds. The van der Waals surface area contributed by atoms with E-state index in [4.69, 9.17) is 18.6 Å². The van der Waals surface area contributed by atoms with Crippen LogP contribution in [0.25, 0.3) is 22.1 Å². The van der Waals surface area contributed by atoms with Crippen LogP contribution in [0.4, 0.5) is 64.4 Å². The quantitative estimate of drug-likeness (QED) is 0.0132. The number of amides is 6. The van der Waals surface area contributed by atoms with Crippen molar-refractivity contribution in [2.75, 3.05) is 92.9 Å². The van der Waals surface area contributed by atoms with Crippen LogP contribution in [0.5, 0.6) is 17.2 Å². The predicted octanol–water partition coefficient (Wildman–Crippen LogP) is 11.2. The number of ketones is 3. The first kappa shape index (κ1) is 105. The van der Waals surface area contributed by atoms with Gasteiger partial charge in [-0.25, -0.2) is 45.0 Å². The number of methoxy groups -OCH3 is 2. The zero-order chi connectivity index (χ0) is 104. The Bertz CT molecular complexity index is 7510. The molecule has 2 aliphatic carbocycles. The van der Waals surface area contributed by atoms with E-state index in [0.717, 1.165) is 21.9 Å². The molecule has 0 bridgehead atoms. The molecule has 11 aromatic rings. The van der Waals surface area contributed by atoms with Crippen LogP contribution in [0.2, 0.25) is 0 Å². The monoisotopic (exact) mass is 2100 g/mol. The van der Waals surface area contributed by atoms with Gasteiger partial charge < -0.3 is 68.8 Å². The van der Waals surface area contributed by atoms with Crippen molar-refractivity contribution in [3.8, 4) is 17.2 Å². The number of Topliss-reactive ketones (excluding diaryl/α,β-unsaturated/α-hetero) is 3. The molecule has 42 nitrogen and oxygen atoms in total. The lowest BCUT2D eigenvalue weighted by atomic mass is 10.0. The maximum absolute atomic E-state index is 15.4. The third kappa shape index (κ3) is 22.7. The molecular weight excluding hydrogens is 2000 g/mol. The van der Waals surface area contributed by atoms with Crippen molar-refractivity contribution in [3.05, 3.63) is 212 Å². The van der Waals surface area contributed by atoms with Gasteiger partial charge in [0.05, 0.1) is 139 Å². The molecule has 0 saturated carbocycles. The summed E-state index contributed by atoms with van der Waals surface area (Å²) in [6.07, 6.45) is 20.3. The molecule has 762 valence electrons. The number of H-pyrrole nitrogens is 2. The molecule has 7 aliphatic rings. The minimum atomic E-state index is -4.07. The Morgan fingerprint density at radius 3 is 1.65 bits per heavy atom. The maximum Gasteiger partial charge on any atom is 0.296 e. The number of thiazole rings is 1. The van der Waals surface area contributed by atoms with Crippen LogP contribution in [-0.2, 0) is 141 Å². The fraction of sp³-hybridized carbons (Fsp3) is 0.312. The molecule has 144 heavy (non-hydrogen) atoms. The van der Waals surface area contributed by atoms with Gasteiger partial charge in [0.25, 0.3) is 51.8 Å². The number of likely N-dealkylation sites (tertiary alicyclic amines) is 2. The van der Waals surface area contributed by atoms with Gasteiger partial charge in [-0.1, -0.05) is 52.0 Å². The number of fused-ring (bicyclic) bond motifs is 5. The Morgan fingerprint density at radius 2 is 1.10 bits per heavy atom. The maximum atomic E-state index is 15.4. The summed E-state index contributed by atoms with van der Waals surface area (Å²) in [5.41, 5.74) is 4.90. The number of nitrogens with zero attached hydrogens (tertiary/aromatic N) is 9. The Labute approximate surface area is 828 Å². The van der Waals surface area contributed by atoms with Crippen molar-refractivity contribution in [1.82, 2.24) is 49.2 Å². The zero-order valence-electron chi connectivity index (χ0n) is 79.0. The number of sulfonamides is 4. The smallest absolute Gasteiger partial charge is 0.296 e. The molecule has 51 heteroatoms. The number of benzene rings is 5. The van der Waals surface area contributed by atoms with Crippen LogP contribution < -0.4 is 64.2 Å². The van der Waals surface area contributed by atoms with Gasteiger partial charge in [0.2, 0.25) is 33.9 Å². The normalized spacial score (nSPS) is 15.7. The molecule has 11 heterocycles. The molecule has 0 spiro atoms. The molecule has 2 unspecified atom stereocenters. The van der Waals surface area contributed by atoms with E-state index in [-0.39, 0.29) is 221 Å². The first-order valence-corrected chi connectivity index (χ1v) is 53.0. The number of halogens is 3. The summed E-state index contributed by atoms with van der Waals surface area (Å²) in [6, 6.07) is 16.8. The molecule has 0 radical (unpaired) electrons.